The zero-order valence-corrected chi connectivity index (χ0v) is 16.0. The number of nitrogens with one attached hydrogen (secondary N) is 1. The van der Waals surface area contributed by atoms with Gasteiger partial charge in [0, 0.05) is 10.6 Å². The molecule has 0 aliphatic rings. The highest BCUT2D eigenvalue weighted by Crippen LogP contribution is 2.22. The monoisotopic (exact) mass is 385 g/mol. The summed E-state index contributed by atoms with van der Waals surface area (Å²) in [5.74, 6) is -0.875. The van der Waals surface area contributed by atoms with Gasteiger partial charge in [0.05, 0.1) is 24.4 Å². The first-order chi connectivity index (χ1) is 12.9. The van der Waals surface area contributed by atoms with Crippen LogP contribution in [0.4, 0.5) is 5.69 Å². The number of aromatic nitrogens is 2. The van der Waals surface area contributed by atoms with Crippen LogP contribution in [0, 0.1) is 0 Å². The summed E-state index contributed by atoms with van der Waals surface area (Å²) in [6.45, 7) is 3.64. The van der Waals surface area contributed by atoms with E-state index in [-0.39, 0.29) is 11.5 Å². The molecule has 8 heteroatoms. The Bertz CT molecular complexity index is 1070. The molecule has 1 atom stereocenters. The van der Waals surface area contributed by atoms with Crippen molar-refractivity contribution in [3.8, 4) is 0 Å². The number of hydrogen-bond acceptors (Lipinski definition) is 6. The van der Waals surface area contributed by atoms with Crippen molar-refractivity contribution in [2.75, 3.05) is 12.4 Å². The number of rotatable bonds is 5. The molecule has 0 aliphatic heterocycles. The Morgan fingerprint density at radius 3 is 2.81 bits per heavy atom. The van der Waals surface area contributed by atoms with Gasteiger partial charge in [-0.3, -0.25) is 14.2 Å². The molecular weight excluding hydrogens is 366 g/mol. The van der Waals surface area contributed by atoms with Gasteiger partial charge in [-0.2, -0.15) is 0 Å². The second-order valence-electron chi connectivity index (χ2n) is 5.98. The fraction of sp³-hybridized carbons (Fsp3) is 0.263. The molecule has 2 aromatic heterocycles. The molecule has 0 aliphatic carbocycles. The number of carbonyl (C=O) groups excluding carboxylic acids is 2. The molecule has 0 saturated carbocycles. The molecule has 2 heterocycles. The molecule has 0 saturated heterocycles. The molecule has 3 aromatic rings. The molecule has 0 radical (unpaired) electrons. The van der Waals surface area contributed by atoms with E-state index in [1.807, 2.05) is 13.0 Å². The summed E-state index contributed by atoms with van der Waals surface area (Å²) in [6.07, 6.45) is 2.22. The van der Waals surface area contributed by atoms with Gasteiger partial charge in [-0.15, -0.1) is 11.3 Å². The molecule has 1 unspecified atom stereocenters. The van der Waals surface area contributed by atoms with Crippen LogP contribution in [0.1, 0.15) is 35.1 Å². The summed E-state index contributed by atoms with van der Waals surface area (Å²) in [5.41, 5.74) is 0.524. The van der Waals surface area contributed by atoms with E-state index >= 15 is 0 Å². The first-order valence-electron chi connectivity index (χ1n) is 8.43. The fourth-order valence-electron chi connectivity index (χ4n) is 2.65. The summed E-state index contributed by atoms with van der Waals surface area (Å²) in [4.78, 5) is 43.0. The van der Waals surface area contributed by atoms with E-state index in [1.165, 1.54) is 35.4 Å². The smallest absolute Gasteiger partial charge is 0.337 e. The highest BCUT2D eigenvalue weighted by molar-refractivity contribution is 7.18. The zero-order chi connectivity index (χ0) is 19.6. The number of nitrogens with zero attached hydrogens (tertiary/aromatic N) is 2. The van der Waals surface area contributed by atoms with Crippen LogP contribution in [0.25, 0.3) is 10.2 Å². The minimum atomic E-state index is -0.763. The Kier molecular flexibility index (Phi) is 5.36. The van der Waals surface area contributed by atoms with Crippen molar-refractivity contribution in [2.45, 2.75) is 26.3 Å². The number of methoxy groups -OCH3 is 1. The average molecular weight is 385 g/mol. The topological polar surface area (TPSA) is 90.3 Å². The van der Waals surface area contributed by atoms with Crippen LogP contribution in [0.15, 0.2) is 41.5 Å². The third kappa shape index (κ3) is 3.75. The highest BCUT2D eigenvalue weighted by atomic mass is 32.1. The maximum absolute atomic E-state index is 12.7. The number of fused-ring (bicyclic) bond motifs is 1. The minimum absolute atomic E-state index is 0.248. The van der Waals surface area contributed by atoms with E-state index in [0.717, 1.165) is 11.3 Å². The van der Waals surface area contributed by atoms with E-state index in [9.17, 15) is 14.4 Å². The number of ether oxygens (including phenoxy) is 1. The number of esters is 1. The fourth-order valence-corrected chi connectivity index (χ4v) is 3.58. The van der Waals surface area contributed by atoms with Crippen LogP contribution in [0.5, 0.6) is 0 Å². The van der Waals surface area contributed by atoms with Crippen molar-refractivity contribution in [3.05, 3.63) is 57.5 Å². The number of carbonyl (C=O) groups is 2. The highest BCUT2D eigenvalue weighted by Gasteiger charge is 2.19. The van der Waals surface area contributed by atoms with Crippen LogP contribution < -0.4 is 10.9 Å². The molecule has 0 fully saturated rings. The van der Waals surface area contributed by atoms with Crippen LogP contribution >= 0.6 is 11.3 Å². The Labute approximate surface area is 159 Å². The summed E-state index contributed by atoms with van der Waals surface area (Å²) < 4.78 is 5.99. The average Bonchev–Trinajstić information content (AvgIpc) is 3.11. The van der Waals surface area contributed by atoms with Crippen molar-refractivity contribution in [2.24, 2.45) is 0 Å². The lowest BCUT2D eigenvalue weighted by molar-refractivity contribution is -0.118. The number of benzene rings is 1. The molecule has 0 spiro atoms. The summed E-state index contributed by atoms with van der Waals surface area (Å²) in [6, 6.07) is 7.48. The van der Waals surface area contributed by atoms with Crippen molar-refractivity contribution >= 4 is 39.1 Å². The minimum Gasteiger partial charge on any atom is -0.465 e. The summed E-state index contributed by atoms with van der Waals surface area (Å²) in [7, 11) is 1.29. The number of hydrogen-bond donors (Lipinski definition) is 1. The van der Waals surface area contributed by atoms with Gasteiger partial charge in [0.25, 0.3) is 5.56 Å². The van der Waals surface area contributed by atoms with E-state index in [0.29, 0.717) is 21.5 Å². The van der Waals surface area contributed by atoms with Crippen molar-refractivity contribution in [1.82, 2.24) is 9.55 Å². The summed E-state index contributed by atoms with van der Waals surface area (Å²) in [5, 5.41) is 3.24. The normalized spacial score (nSPS) is 12.0. The van der Waals surface area contributed by atoms with Crippen molar-refractivity contribution in [1.29, 1.82) is 0 Å². The number of thiophene rings is 1. The van der Waals surface area contributed by atoms with E-state index < -0.39 is 12.0 Å². The van der Waals surface area contributed by atoms with E-state index in [4.69, 9.17) is 0 Å². The zero-order valence-electron chi connectivity index (χ0n) is 15.2. The predicted octanol–water partition coefficient (Wildman–Crippen LogP) is 3.01. The second kappa shape index (κ2) is 7.71. The lowest BCUT2D eigenvalue weighted by atomic mass is 10.2. The Hall–Kier alpha value is -3.00. The first kappa shape index (κ1) is 18.8. The molecule has 140 valence electrons. The lowest BCUT2D eigenvalue weighted by Gasteiger charge is -2.15. The quantitative estimate of drug-likeness (QED) is 0.682. The molecule has 0 bridgehead atoms. The van der Waals surface area contributed by atoms with Crippen molar-refractivity contribution in [3.63, 3.8) is 0 Å². The molecular formula is C19H19N3O4S. The standard InChI is InChI=1S/C19H19N3O4S/c1-4-14-9-15-17(27-14)20-10-22(18(15)24)11(2)16(23)21-13-7-5-6-12(8-13)19(25)26-3/h5-11H,4H2,1-3H3,(H,21,23). The van der Waals surface area contributed by atoms with Crippen molar-refractivity contribution < 1.29 is 14.3 Å². The molecule has 1 amide bonds. The second-order valence-corrected chi connectivity index (χ2v) is 7.09. The molecule has 27 heavy (non-hydrogen) atoms. The van der Waals surface area contributed by atoms with Gasteiger partial charge in [0.1, 0.15) is 10.9 Å². The van der Waals surface area contributed by atoms with Crippen LogP contribution in [-0.2, 0) is 16.0 Å². The Balaban J connectivity index is 1.85. The van der Waals surface area contributed by atoms with Gasteiger partial charge in [0.2, 0.25) is 5.91 Å². The van der Waals surface area contributed by atoms with Crippen LogP contribution in [0.3, 0.4) is 0 Å². The van der Waals surface area contributed by atoms with Gasteiger partial charge in [-0.1, -0.05) is 13.0 Å². The van der Waals surface area contributed by atoms with Gasteiger partial charge >= 0.3 is 5.97 Å². The third-order valence-corrected chi connectivity index (χ3v) is 5.41. The van der Waals surface area contributed by atoms with Gasteiger partial charge in [0.15, 0.2) is 0 Å². The Morgan fingerprint density at radius 2 is 2.11 bits per heavy atom. The van der Waals surface area contributed by atoms with Crippen LogP contribution in [-0.4, -0.2) is 28.5 Å². The number of amides is 1. The largest absolute Gasteiger partial charge is 0.465 e. The maximum Gasteiger partial charge on any atom is 0.337 e. The lowest BCUT2D eigenvalue weighted by Crippen LogP contribution is -2.31. The first-order valence-corrected chi connectivity index (χ1v) is 9.25. The van der Waals surface area contributed by atoms with Gasteiger partial charge in [-0.05, 0) is 37.6 Å². The van der Waals surface area contributed by atoms with E-state index in [2.05, 4.69) is 15.0 Å². The molecule has 1 aromatic carbocycles. The molecule has 3 rings (SSSR count). The van der Waals surface area contributed by atoms with E-state index in [1.54, 1.807) is 25.1 Å². The SMILES string of the molecule is CCc1cc2c(=O)n(C(C)C(=O)Nc3cccc(C(=O)OC)c3)cnc2s1. The third-order valence-electron chi connectivity index (χ3n) is 4.22. The van der Waals surface area contributed by atoms with Gasteiger partial charge in [-0.25, -0.2) is 9.78 Å². The number of anilines is 1. The molecule has 1 N–H and O–H groups in total. The summed E-state index contributed by atoms with van der Waals surface area (Å²) >= 11 is 1.48. The van der Waals surface area contributed by atoms with Crippen LogP contribution in [0.2, 0.25) is 0 Å². The molecule has 7 nitrogen and oxygen atoms in total. The maximum atomic E-state index is 12.7. The number of aryl methyl sites for hydroxylation is 1. The Morgan fingerprint density at radius 1 is 1.33 bits per heavy atom. The predicted molar refractivity (Wildman–Crippen MR) is 104 cm³/mol. The van der Waals surface area contributed by atoms with Gasteiger partial charge < -0.3 is 10.1 Å².